The maximum atomic E-state index is 6.54. The predicted octanol–water partition coefficient (Wildman–Crippen LogP) is 4.82. The van der Waals surface area contributed by atoms with Crippen LogP contribution >= 0.6 is 15.9 Å². The van der Waals surface area contributed by atoms with Crippen LogP contribution in [-0.4, -0.2) is 6.61 Å². The number of benzene rings is 1. The lowest BCUT2D eigenvalue weighted by molar-refractivity contribution is 0.170. The van der Waals surface area contributed by atoms with E-state index in [0.29, 0.717) is 6.61 Å². The molecular weight excluding hydrogens is 302 g/mol. The van der Waals surface area contributed by atoms with Gasteiger partial charge >= 0.3 is 0 Å². The highest BCUT2D eigenvalue weighted by atomic mass is 79.9. The van der Waals surface area contributed by atoms with E-state index in [9.17, 15) is 0 Å². The number of hydrogen-bond acceptors (Lipinski definition) is 2. The first-order valence-electron chi connectivity index (χ1n) is 7.24. The van der Waals surface area contributed by atoms with Crippen LogP contribution < -0.4 is 10.5 Å². The Hall–Kier alpha value is -0.540. The van der Waals surface area contributed by atoms with Crippen LogP contribution in [0.5, 0.6) is 5.75 Å². The molecule has 0 aliphatic heterocycles. The van der Waals surface area contributed by atoms with Crippen molar-refractivity contribution in [1.82, 2.24) is 0 Å². The molecule has 0 bridgehead atoms. The summed E-state index contributed by atoms with van der Waals surface area (Å²) >= 11 is 3.58. The largest absolute Gasteiger partial charge is 0.493 e. The normalized spacial score (nSPS) is 20.0. The Balaban J connectivity index is 2.19. The summed E-state index contributed by atoms with van der Waals surface area (Å²) < 4.78 is 6.56. The van der Waals surface area contributed by atoms with E-state index < -0.39 is 0 Å². The first kappa shape index (κ1) is 14.9. The highest BCUT2D eigenvalue weighted by Gasteiger charge is 2.34. The zero-order valence-corrected chi connectivity index (χ0v) is 13.5. The molecule has 1 fully saturated rings. The molecule has 106 valence electrons. The monoisotopic (exact) mass is 325 g/mol. The average Bonchev–Trinajstić information content (AvgIpc) is 2.41. The summed E-state index contributed by atoms with van der Waals surface area (Å²) in [4.78, 5) is 0. The molecule has 0 spiro atoms. The van der Waals surface area contributed by atoms with E-state index in [1.165, 1.54) is 37.7 Å². The van der Waals surface area contributed by atoms with Gasteiger partial charge in [0.25, 0.3) is 0 Å². The van der Waals surface area contributed by atoms with Crippen LogP contribution in [0.25, 0.3) is 0 Å². The van der Waals surface area contributed by atoms with Gasteiger partial charge in [-0.3, -0.25) is 0 Å². The van der Waals surface area contributed by atoms with Crippen LogP contribution in [0, 0.1) is 5.41 Å². The van der Waals surface area contributed by atoms with Crippen molar-refractivity contribution in [2.24, 2.45) is 11.1 Å². The van der Waals surface area contributed by atoms with Crippen LogP contribution in [-0.2, 0) is 0 Å². The third kappa shape index (κ3) is 3.32. The minimum absolute atomic E-state index is 0.111. The molecule has 0 radical (unpaired) electrons. The second kappa shape index (κ2) is 6.27. The number of ether oxygens (including phenoxy) is 1. The summed E-state index contributed by atoms with van der Waals surface area (Å²) in [7, 11) is 0. The van der Waals surface area contributed by atoms with Gasteiger partial charge in [0.2, 0.25) is 0 Å². The molecular formula is C16H24BrNO. The molecule has 0 amide bonds. The summed E-state index contributed by atoms with van der Waals surface area (Å²) in [6.45, 7) is 5.01. The van der Waals surface area contributed by atoms with Gasteiger partial charge in [-0.1, -0.05) is 32.3 Å². The fourth-order valence-corrected chi connectivity index (χ4v) is 3.57. The van der Waals surface area contributed by atoms with Gasteiger partial charge in [0, 0.05) is 6.04 Å². The summed E-state index contributed by atoms with van der Waals surface area (Å²) in [5.74, 6) is 0.896. The van der Waals surface area contributed by atoms with Crippen LogP contribution in [0.15, 0.2) is 22.7 Å². The summed E-state index contributed by atoms with van der Waals surface area (Å²) in [6.07, 6.45) is 6.44. The number of nitrogens with two attached hydrogens (primary N) is 1. The molecule has 2 N–H and O–H groups in total. The highest BCUT2D eigenvalue weighted by Crippen LogP contribution is 2.45. The lowest BCUT2D eigenvalue weighted by atomic mass is 9.69. The van der Waals surface area contributed by atoms with Crippen molar-refractivity contribution in [3.05, 3.63) is 28.2 Å². The quantitative estimate of drug-likeness (QED) is 0.861. The van der Waals surface area contributed by atoms with E-state index in [4.69, 9.17) is 10.5 Å². The van der Waals surface area contributed by atoms with Gasteiger partial charge in [0.1, 0.15) is 5.75 Å². The van der Waals surface area contributed by atoms with Gasteiger partial charge in [0.15, 0.2) is 0 Å². The fraction of sp³-hybridized carbons (Fsp3) is 0.625. The maximum Gasteiger partial charge on any atom is 0.133 e. The molecule has 1 aliphatic rings. The van der Waals surface area contributed by atoms with Crippen molar-refractivity contribution in [2.75, 3.05) is 6.61 Å². The molecule has 1 saturated carbocycles. The van der Waals surface area contributed by atoms with Gasteiger partial charge in [-0.25, -0.2) is 0 Å². The van der Waals surface area contributed by atoms with E-state index in [-0.39, 0.29) is 11.5 Å². The minimum atomic E-state index is 0.111. The summed E-state index contributed by atoms with van der Waals surface area (Å²) in [5, 5.41) is 0. The summed E-state index contributed by atoms with van der Waals surface area (Å²) in [6, 6.07) is 6.37. The second-order valence-corrected chi connectivity index (χ2v) is 6.67. The second-order valence-electron chi connectivity index (χ2n) is 5.82. The molecule has 1 aromatic rings. The Labute approximate surface area is 124 Å². The lowest BCUT2D eigenvalue weighted by Gasteiger charge is -2.39. The Bertz CT molecular complexity index is 427. The molecule has 1 unspecified atom stereocenters. The van der Waals surface area contributed by atoms with Crippen molar-refractivity contribution in [2.45, 2.75) is 52.0 Å². The van der Waals surface area contributed by atoms with Gasteiger partial charge in [-0.2, -0.15) is 0 Å². The van der Waals surface area contributed by atoms with E-state index in [1.807, 2.05) is 13.0 Å². The molecule has 1 aliphatic carbocycles. The average molecular weight is 326 g/mol. The Morgan fingerprint density at radius 1 is 1.32 bits per heavy atom. The molecule has 0 heterocycles. The van der Waals surface area contributed by atoms with Gasteiger partial charge in [0.05, 0.1) is 11.1 Å². The third-order valence-corrected chi connectivity index (χ3v) is 4.98. The molecule has 1 aromatic carbocycles. The Morgan fingerprint density at radius 3 is 2.58 bits per heavy atom. The SMILES string of the molecule is CCOc1ccc(C(N)C2(C)CCCCC2)cc1Br. The molecule has 0 aromatic heterocycles. The molecule has 2 nitrogen and oxygen atoms in total. The Kier molecular flexibility index (Phi) is 4.91. The van der Waals surface area contributed by atoms with Crippen LogP contribution in [0.1, 0.15) is 57.6 Å². The Morgan fingerprint density at radius 2 is 2.00 bits per heavy atom. The van der Waals surface area contributed by atoms with Crippen molar-refractivity contribution >= 4 is 15.9 Å². The van der Waals surface area contributed by atoms with E-state index >= 15 is 0 Å². The van der Waals surface area contributed by atoms with Crippen LogP contribution in [0.3, 0.4) is 0 Å². The van der Waals surface area contributed by atoms with Crippen molar-refractivity contribution in [3.63, 3.8) is 0 Å². The molecule has 2 rings (SSSR count). The molecule has 0 saturated heterocycles. The van der Waals surface area contributed by atoms with Gasteiger partial charge < -0.3 is 10.5 Å². The van der Waals surface area contributed by atoms with E-state index in [0.717, 1.165) is 10.2 Å². The number of hydrogen-bond donors (Lipinski definition) is 1. The zero-order valence-electron chi connectivity index (χ0n) is 11.9. The van der Waals surface area contributed by atoms with Gasteiger partial charge in [-0.05, 0) is 58.8 Å². The van der Waals surface area contributed by atoms with Crippen molar-refractivity contribution in [3.8, 4) is 5.75 Å². The molecule has 1 atom stereocenters. The number of halogens is 1. The van der Waals surface area contributed by atoms with Crippen LogP contribution in [0.2, 0.25) is 0 Å². The smallest absolute Gasteiger partial charge is 0.133 e. The number of rotatable bonds is 4. The third-order valence-electron chi connectivity index (χ3n) is 4.36. The summed E-state index contributed by atoms with van der Waals surface area (Å²) in [5.41, 5.74) is 7.98. The van der Waals surface area contributed by atoms with Gasteiger partial charge in [-0.15, -0.1) is 0 Å². The minimum Gasteiger partial charge on any atom is -0.493 e. The molecule has 3 heteroatoms. The lowest BCUT2D eigenvalue weighted by Crippen LogP contribution is -2.33. The maximum absolute atomic E-state index is 6.54. The first-order chi connectivity index (χ1) is 9.07. The zero-order chi connectivity index (χ0) is 13.9. The highest BCUT2D eigenvalue weighted by molar-refractivity contribution is 9.10. The fourth-order valence-electron chi connectivity index (χ4n) is 3.06. The van der Waals surface area contributed by atoms with Crippen LogP contribution in [0.4, 0.5) is 0 Å². The van der Waals surface area contributed by atoms with E-state index in [2.05, 4.69) is 35.0 Å². The predicted molar refractivity (Wildman–Crippen MR) is 83.4 cm³/mol. The van der Waals surface area contributed by atoms with Crippen molar-refractivity contribution < 1.29 is 4.74 Å². The van der Waals surface area contributed by atoms with Crippen molar-refractivity contribution in [1.29, 1.82) is 0 Å². The standard InChI is InChI=1S/C16H24BrNO/c1-3-19-14-8-7-12(11-13(14)17)15(18)16(2)9-5-4-6-10-16/h7-8,11,15H,3-6,9-10,18H2,1-2H3. The topological polar surface area (TPSA) is 35.2 Å². The first-order valence-corrected chi connectivity index (χ1v) is 8.04. The van der Waals surface area contributed by atoms with E-state index in [1.54, 1.807) is 0 Å². The molecule has 19 heavy (non-hydrogen) atoms.